The van der Waals surface area contributed by atoms with Crippen molar-refractivity contribution in [2.45, 2.75) is 23.7 Å². The zero-order valence-electron chi connectivity index (χ0n) is 16.6. The molecular weight excluding hydrogens is 432 g/mol. The number of H-pyrrole nitrogens is 1. The molecule has 5 rings (SSSR count). The summed E-state index contributed by atoms with van der Waals surface area (Å²) in [4.78, 5) is 14.7. The Hall–Kier alpha value is -3.99. The van der Waals surface area contributed by atoms with Gasteiger partial charge in [-0.2, -0.15) is 5.10 Å². The van der Waals surface area contributed by atoms with Gasteiger partial charge in [0, 0.05) is 29.4 Å². The first-order valence-corrected chi connectivity index (χ1v) is 11.3. The van der Waals surface area contributed by atoms with Gasteiger partial charge in [-0.1, -0.05) is 18.2 Å². The molecule has 10 nitrogen and oxygen atoms in total. The second-order valence-corrected chi connectivity index (χ2v) is 9.32. The number of non-ortho nitro benzene ring substituents is 1. The summed E-state index contributed by atoms with van der Waals surface area (Å²) >= 11 is 0. The van der Waals surface area contributed by atoms with Crippen LogP contribution in [0.25, 0.3) is 22.2 Å². The molecule has 0 saturated heterocycles. The first-order chi connectivity index (χ1) is 15.3. The van der Waals surface area contributed by atoms with Crippen LogP contribution in [0.5, 0.6) is 0 Å². The van der Waals surface area contributed by atoms with Crippen LogP contribution in [-0.2, 0) is 10.0 Å². The highest BCUT2D eigenvalue weighted by Crippen LogP contribution is 2.42. The molecule has 0 unspecified atom stereocenters. The maximum atomic E-state index is 12.7. The van der Waals surface area contributed by atoms with Gasteiger partial charge in [0.2, 0.25) is 0 Å². The normalized spacial score (nSPS) is 13.9. The van der Waals surface area contributed by atoms with Crippen molar-refractivity contribution in [3.63, 3.8) is 0 Å². The summed E-state index contributed by atoms with van der Waals surface area (Å²) in [5.74, 6) is 0.781. The van der Waals surface area contributed by atoms with Gasteiger partial charge in [-0.05, 0) is 48.2 Å². The minimum absolute atomic E-state index is 0.188. The van der Waals surface area contributed by atoms with Gasteiger partial charge in [0.1, 0.15) is 0 Å². The standard InChI is InChI=1S/C21H18N6O4S/c22-20-19-17(11-18(13-4-5-13)23-21(19)25-24-20)12-6-8-14(9-7-12)26-32(30,31)16-3-1-2-15(10-16)27(28)29/h1-3,6-11,13,26H,4-5H2,(H3,22,23,24,25). The number of rotatable bonds is 6. The van der Waals surface area contributed by atoms with Gasteiger partial charge < -0.3 is 5.73 Å². The van der Waals surface area contributed by atoms with Gasteiger partial charge >= 0.3 is 0 Å². The Morgan fingerprint density at radius 3 is 2.56 bits per heavy atom. The van der Waals surface area contributed by atoms with Crippen molar-refractivity contribution in [3.8, 4) is 11.1 Å². The molecule has 11 heteroatoms. The fraction of sp³-hybridized carbons (Fsp3) is 0.143. The Labute approximate surface area is 182 Å². The van der Waals surface area contributed by atoms with Crippen LogP contribution in [-0.4, -0.2) is 28.5 Å². The summed E-state index contributed by atoms with van der Waals surface area (Å²) in [5, 5.41) is 18.6. The Balaban J connectivity index is 1.47. The van der Waals surface area contributed by atoms with Crippen LogP contribution >= 0.6 is 0 Å². The molecular formula is C21H18N6O4S. The van der Waals surface area contributed by atoms with Crippen molar-refractivity contribution in [1.82, 2.24) is 15.2 Å². The molecule has 1 fully saturated rings. The van der Waals surface area contributed by atoms with E-state index in [1.807, 2.05) is 6.07 Å². The molecule has 2 aromatic heterocycles. The summed E-state index contributed by atoms with van der Waals surface area (Å²) in [5.41, 5.74) is 9.39. The number of sulfonamides is 1. The topological polar surface area (TPSA) is 157 Å². The number of fused-ring (bicyclic) bond motifs is 1. The Bertz CT molecular complexity index is 1460. The Morgan fingerprint density at radius 2 is 1.88 bits per heavy atom. The van der Waals surface area contributed by atoms with Crippen LogP contribution in [0.4, 0.5) is 17.2 Å². The average Bonchev–Trinajstić information content (AvgIpc) is 3.57. The molecule has 4 aromatic rings. The molecule has 2 aromatic carbocycles. The van der Waals surface area contributed by atoms with E-state index in [9.17, 15) is 18.5 Å². The van der Waals surface area contributed by atoms with Crippen LogP contribution in [0.1, 0.15) is 24.5 Å². The summed E-state index contributed by atoms with van der Waals surface area (Å²) < 4.78 is 27.8. The molecule has 32 heavy (non-hydrogen) atoms. The number of hydrogen-bond donors (Lipinski definition) is 3. The lowest BCUT2D eigenvalue weighted by Gasteiger charge is -2.10. The first-order valence-electron chi connectivity index (χ1n) is 9.84. The highest BCUT2D eigenvalue weighted by molar-refractivity contribution is 7.92. The van der Waals surface area contributed by atoms with E-state index in [-0.39, 0.29) is 10.6 Å². The van der Waals surface area contributed by atoms with E-state index in [2.05, 4.69) is 19.9 Å². The number of anilines is 2. The summed E-state index contributed by atoms with van der Waals surface area (Å²) in [6.07, 6.45) is 2.19. The molecule has 0 bridgehead atoms. The van der Waals surface area contributed by atoms with Crippen LogP contribution in [0, 0.1) is 10.1 Å². The largest absolute Gasteiger partial charge is 0.382 e. The zero-order chi connectivity index (χ0) is 22.5. The third-order valence-electron chi connectivity index (χ3n) is 5.36. The number of hydrogen-bond acceptors (Lipinski definition) is 7. The van der Waals surface area contributed by atoms with Crippen LogP contribution in [0.2, 0.25) is 0 Å². The number of aromatic amines is 1. The Morgan fingerprint density at radius 1 is 1.12 bits per heavy atom. The highest BCUT2D eigenvalue weighted by Gasteiger charge is 2.27. The fourth-order valence-corrected chi connectivity index (χ4v) is 4.68. The summed E-state index contributed by atoms with van der Waals surface area (Å²) in [6.45, 7) is 0. The lowest BCUT2D eigenvalue weighted by molar-refractivity contribution is -0.385. The summed E-state index contributed by atoms with van der Waals surface area (Å²) in [7, 11) is -3.99. The molecule has 0 atom stereocenters. The predicted molar refractivity (Wildman–Crippen MR) is 120 cm³/mol. The smallest absolute Gasteiger partial charge is 0.270 e. The number of pyridine rings is 1. The number of nitrogen functional groups attached to an aromatic ring is 1. The zero-order valence-corrected chi connectivity index (χ0v) is 17.5. The van der Waals surface area contributed by atoms with E-state index < -0.39 is 14.9 Å². The van der Waals surface area contributed by atoms with E-state index in [4.69, 9.17) is 5.73 Å². The minimum atomic E-state index is -3.99. The third-order valence-corrected chi connectivity index (χ3v) is 6.74. The van der Waals surface area contributed by atoms with Gasteiger partial charge in [-0.15, -0.1) is 0 Å². The second kappa shape index (κ2) is 7.31. The lowest BCUT2D eigenvalue weighted by atomic mass is 10.0. The molecule has 0 amide bonds. The summed E-state index contributed by atoms with van der Waals surface area (Å²) in [6, 6.07) is 13.7. The number of nitrogens with zero attached hydrogens (tertiary/aromatic N) is 3. The van der Waals surface area contributed by atoms with E-state index in [0.29, 0.717) is 23.1 Å². The van der Waals surface area contributed by atoms with Crippen molar-refractivity contribution in [2.75, 3.05) is 10.5 Å². The molecule has 4 N–H and O–H groups in total. The minimum Gasteiger partial charge on any atom is -0.382 e. The highest BCUT2D eigenvalue weighted by atomic mass is 32.2. The average molecular weight is 450 g/mol. The second-order valence-electron chi connectivity index (χ2n) is 7.64. The maximum Gasteiger partial charge on any atom is 0.270 e. The molecule has 2 heterocycles. The van der Waals surface area contributed by atoms with E-state index >= 15 is 0 Å². The molecule has 0 radical (unpaired) electrons. The lowest BCUT2D eigenvalue weighted by Crippen LogP contribution is -2.13. The van der Waals surface area contributed by atoms with Gasteiger partial charge in [-0.25, -0.2) is 13.4 Å². The molecule has 1 saturated carbocycles. The third kappa shape index (κ3) is 3.62. The van der Waals surface area contributed by atoms with Crippen LogP contribution < -0.4 is 10.5 Å². The first kappa shape index (κ1) is 19.9. The molecule has 0 spiro atoms. The van der Waals surface area contributed by atoms with Crippen molar-refractivity contribution in [2.24, 2.45) is 0 Å². The van der Waals surface area contributed by atoms with Crippen molar-refractivity contribution < 1.29 is 13.3 Å². The quantitative estimate of drug-likeness (QED) is 0.298. The van der Waals surface area contributed by atoms with Gasteiger partial charge in [0.25, 0.3) is 15.7 Å². The molecule has 1 aliphatic carbocycles. The van der Waals surface area contributed by atoms with Gasteiger partial charge in [0.15, 0.2) is 11.5 Å². The Kier molecular flexibility index (Phi) is 4.55. The van der Waals surface area contributed by atoms with Crippen molar-refractivity contribution in [3.05, 3.63) is 70.4 Å². The molecule has 0 aliphatic heterocycles. The number of aromatic nitrogens is 3. The van der Waals surface area contributed by atoms with Gasteiger partial charge in [0.05, 0.1) is 15.2 Å². The maximum absolute atomic E-state index is 12.7. The van der Waals surface area contributed by atoms with Crippen molar-refractivity contribution >= 4 is 38.2 Å². The van der Waals surface area contributed by atoms with E-state index in [0.717, 1.165) is 41.1 Å². The van der Waals surface area contributed by atoms with Crippen LogP contribution in [0.15, 0.2) is 59.5 Å². The number of benzene rings is 2. The SMILES string of the molecule is Nc1n[nH]c2nc(C3CC3)cc(-c3ccc(NS(=O)(=O)c4cccc([N+](=O)[O-])c4)cc3)c12. The van der Waals surface area contributed by atoms with E-state index in [1.54, 1.807) is 24.3 Å². The number of nitro benzene ring substituents is 1. The fourth-order valence-electron chi connectivity index (χ4n) is 3.59. The number of nitrogens with two attached hydrogens (primary N) is 1. The monoisotopic (exact) mass is 450 g/mol. The predicted octanol–water partition coefficient (Wildman–Crippen LogP) is 3.79. The van der Waals surface area contributed by atoms with Crippen molar-refractivity contribution in [1.29, 1.82) is 0 Å². The number of nitro groups is 1. The molecule has 1 aliphatic rings. The van der Waals surface area contributed by atoms with Gasteiger partial charge in [-0.3, -0.25) is 19.9 Å². The van der Waals surface area contributed by atoms with E-state index in [1.165, 1.54) is 18.2 Å². The molecule has 162 valence electrons. The van der Waals surface area contributed by atoms with Crippen LogP contribution in [0.3, 0.4) is 0 Å². The number of nitrogens with one attached hydrogen (secondary N) is 2.